The molecule has 0 unspecified atom stereocenters. The lowest BCUT2D eigenvalue weighted by Crippen LogP contribution is -2.15. The van der Waals surface area contributed by atoms with Crippen molar-refractivity contribution in [2.24, 2.45) is 0 Å². The Morgan fingerprint density at radius 2 is 1.59 bits per heavy atom. The molecule has 22 heavy (non-hydrogen) atoms. The highest BCUT2D eigenvalue weighted by Crippen LogP contribution is 2.22. The molecule has 0 heterocycles. The molecule has 0 atom stereocenters. The highest BCUT2D eigenvalue weighted by Gasteiger charge is 2.17. The van der Waals surface area contributed by atoms with E-state index < -0.39 is 10.0 Å². The molecule has 0 saturated carbocycles. The number of nitrogens with one attached hydrogen (secondary N) is 1. The molecule has 0 spiro atoms. The van der Waals surface area contributed by atoms with Crippen molar-refractivity contribution in [3.05, 3.63) is 59.7 Å². The number of hydrogen-bond donors (Lipinski definition) is 1. The minimum Gasteiger partial charge on any atom is -0.294 e. The van der Waals surface area contributed by atoms with Crippen LogP contribution in [0, 0.1) is 0 Å². The van der Waals surface area contributed by atoms with Crippen LogP contribution in [0.25, 0.3) is 0 Å². The molecule has 2 aromatic rings. The van der Waals surface area contributed by atoms with Crippen molar-refractivity contribution >= 4 is 21.5 Å². The lowest BCUT2D eigenvalue weighted by molar-refractivity contribution is 0.101. The van der Waals surface area contributed by atoms with Gasteiger partial charge in [-0.15, -0.1) is 0 Å². The summed E-state index contributed by atoms with van der Waals surface area (Å²) in [7, 11) is -3.71. The van der Waals surface area contributed by atoms with Crippen LogP contribution in [0.5, 0.6) is 0 Å². The van der Waals surface area contributed by atoms with Crippen molar-refractivity contribution in [2.45, 2.75) is 31.6 Å². The van der Waals surface area contributed by atoms with Gasteiger partial charge in [0, 0.05) is 5.56 Å². The summed E-state index contributed by atoms with van der Waals surface area (Å²) in [4.78, 5) is 11.7. The van der Waals surface area contributed by atoms with Gasteiger partial charge in [0.2, 0.25) is 0 Å². The molecule has 0 aromatic heterocycles. The fourth-order valence-electron chi connectivity index (χ4n) is 2.11. The fourth-order valence-corrected chi connectivity index (χ4v) is 3.19. The summed E-state index contributed by atoms with van der Waals surface area (Å²) in [5.74, 6) is 0.150. The second-order valence-corrected chi connectivity index (χ2v) is 7.11. The van der Waals surface area contributed by atoms with Crippen molar-refractivity contribution < 1.29 is 13.2 Å². The molecule has 0 fully saturated rings. The number of sulfonamides is 1. The monoisotopic (exact) mass is 317 g/mol. The van der Waals surface area contributed by atoms with Crippen LogP contribution >= 0.6 is 0 Å². The molecule has 0 amide bonds. The largest absolute Gasteiger partial charge is 0.294 e. The van der Waals surface area contributed by atoms with Gasteiger partial charge in [-0.25, -0.2) is 8.42 Å². The summed E-state index contributed by atoms with van der Waals surface area (Å²) in [6.45, 7) is 5.50. The molecule has 0 saturated heterocycles. The van der Waals surface area contributed by atoms with Gasteiger partial charge in [-0.3, -0.25) is 9.52 Å². The van der Waals surface area contributed by atoms with Gasteiger partial charge in [0.1, 0.15) is 0 Å². The number of para-hydroxylation sites is 1. The zero-order chi connectivity index (χ0) is 16.3. The maximum Gasteiger partial charge on any atom is 0.261 e. The normalized spacial score (nSPS) is 11.5. The molecule has 0 bridgehead atoms. The first-order chi connectivity index (χ1) is 10.3. The van der Waals surface area contributed by atoms with Crippen molar-refractivity contribution in [1.82, 2.24) is 0 Å². The second-order valence-electron chi connectivity index (χ2n) is 5.43. The average Bonchev–Trinajstić information content (AvgIpc) is 2.47. The molecule has 0 radical (unpaired) electrons. The Kier molecular flexibility index (Phi) is 4.66. The van der Waals surface area contributed by atoms with Crippen LogP contribution in [0.1, 0.15) is 42.6 Å². The van der Waals surface area contributed by atoms with Crippen LogP contribution in [0.15, 0.2) is 53.4 Å². The van der Waals surface area contributed by atoms with Gasteiger partial charge in [0.15, 0.2) is 5.78 Å². The van der Waals surface area contributed by atoms with E-state index in [0.29, 0.717) is 17.2 Å². The molecule has 4 nitrogen and oxygen atoms in total. The van der Waals surface area contributed by atoms with Gasteiger partial charge >= 0.3 is 0 Å². The minimum absolute atomic E-state index is 0.176. The third-order valence-corrected chi connectivity index (χ3v) is 4.79. The first-order valence-corrected chi connectivity index (χ1v) is 8.52. The van der Waals surface area contributed by atoms with Gasteiger partial charge < -0.3 is 0 Å². The van der Waals surface area contributed by atoms with Gasteiger partial charge in [-0.05, 0) is 42.7 Å². The van der Waals surface area contributed by atoms with Crippen molar-refractivity contribution in [3.8, 4) is 0 Å². The van der Waals surface area contributed by atoms with Gasteiger partial charge in [0.25, 0.3) is 10.0 Å². The van der Waals surface area contributed by atoms with E-state index >= 15 is 0 Å². The number of rotatable bonds is 5. The average molecular weight is 317 g/mol. The Morgan fingerprint density at radius 3 is 2.14 bits per heavy atom. The van der Waals surface area contributed by atoms with Gasteiger partial charge in [-0.2, -0.15) is 0 Å². The van der Waals surface area contributed by atoms with Crippen LogP contribution in [-0.2, 0) is 10.0 Å². The van der Waals surface area contributed by atoms with E-state index in [9.17, 15) is 13.2 Å². The van der Waals surface area contributed by atoms with E-state index in [1.54, 1.807) is 48.5 Å². The lowest BCUT2D eigenvalue weighted by Gasteiger charge is -2.12. The number of Topliss-reactive ketones (excluding diaryl/α,β-unsaturated/α-hetero) is 1. The van der Waals surface area contributed by atoms with Crippen molar-refractivity contribution in [3.63, 3.8) is 0 Å². The van der Waals surface area contributed by atoms with E-state index in [-0.39, 0.29) is 10.7 Å². The summed E-state index contributed by atoms with van der Waals surface area (Å²) in [6, 6.07) is 13.3. The van der Waals surface area contributed by atoms with E-state index in [2.05, 4.69) is 4.72 Å². The first-order valence-electron chi connectivity index (χ1n) is 7.04. The van der Waals surface area contributed by atoms with Crippen LogP contribution < -0.4 is 4.72 Å². The zero-order valence-electron chi connectivity index (χ0n) is 12.8. The highest BCUT2D eigenvalue weighted by atomic mass is 32.2. The third-order valence-electron chi connectivity index (χ3n) is 3.41. The Labute approximate surface area is 131 Å². The smallest absolute Gasteiger partial charge is 0.261 e. The Bertz CT molecular complexity index is 778. The summed E-state index contributed by atoms with van der Waals surface area (Å²) in [5, 5.41) is 0. The number of anilines is 1. The minimum atomic E-state index is -3.71. The maximum absolute atomic E-state index is 12.4. The quantitative estimate of drug-likeness (QED) is 0.853. The fraction of sp³-hybridized carbons (Fsp3) is 0.235. The van der Waals surface area contributed by atoms with Crippen LogP contribution in [0.4, 0.5) is 5.69 Å². The SMILES string of the molecule is CC(=O)c1ccccc1NS(=O)(=O)c1ccc(C(C)C)cc1. The molecule has 0 aliphatic rings. The Hall–Kier alpha value is -2.14. The molecular weight excluding hydrogens is 298 g/mol. The molecule has 1 N–H and O–H groups in total. The predicted octanol–water partition coefficient (Wildman–Crippen LogP) is 3.81. The summed E-state index contributed by atoms with van der Waals surface area (Å²) >= 11 is 0. The van der Waals surface area contributed by atoms with Crippen molar-refractivity contribution in [1.29, 1.82) is 0 Å². The van der Waals surface area contributed by atoms with E-state index in [4.69, 9.17) is 0 Å². The van der Waals surface area contributed by atoms with E-state index in [0.717, 1.165) is 5.56 Å². The molecule has 116 valence electrons. The highest BCUT2D eigenvalue weighted by molar-refractivity contribution is 7.92. The van der Waals surface area contributed by atoms with E-state index in [1.807, 2.05) is 13.8 Å². The van der Waals surface area contributed by atoms with Crippen LogP contribution in [-0.4, -0.2) is 14.2 Å². The third kappa shape index (κ3) is 3.54. The first kappa shape index (κ1) is 16.2. The Morgan fingerprint density at radius 1 is 1.00 bits per heavy atom. The van der Waals surface area contributed by atoms with Crippen molar-refractivity contribution in [2.75, 3.05) is 4.72 Å². The second kappa shape index (κ2) is 6.32. The molecule has 2 aromatic carbocycles. The maximum atomic E-state index is 12.4. The molecular formula is C17H19NO3S. The van der Waals surface area contributed by atoms with Crippen LogP contribution in [0.2, 0.25) is 0 Å². The summed E-state index contributed by atoms with van der Waals surface area (Å²) in [6.07, 6.45) is 0. The summed E-state index contributed by atoms with van der Waals surface area (Å²) in [5.41, 5.74) is 1.72. The topological polar surface area (TPSA) is 63.2 Å². The predicted molar refractivity (Wildman–Crippen MR) is 87.8 cm³/mol. The molecule has 5 heteroatoms. The van der Waals surface area contributed by atoms with Gasteiger partial charge in [0.05, 0.1) is 10.6 Å². The number of ketones is 1. The number of benzene rings is 2. The molecule has 2 rings (SSSR count). The lowest BCUT2D eigenvalue weighted by atomic mass is 10.0. The molecule has 0 aliphatic carbocycles. The summed E-state index contributed by atoms with van der Waals surface area (Å²) < 4.78 is 27.4. The number of hydrogen-bond acceptors (Lipinski definition) is 3. The molecule has 0 aliphatic heterocycles. The standard InChI is InChI=1S/C17H19NO3S/c1-12(2)14-8-10-15(11-9-14)22(20,21)18-17-7-5-4-6-16(17)13(3)19/h4-12,18H,1-3H3. The zero-order valence-corrected chi connectivity index (χ0v) is 13.6. The van der Waals surface area contributed by atoms with Crippen LogP contribution in [0.3, 0.4) is 0 Å². The number of carbonyl (C=O) groups is 1. The van der Waals surface area contributed by atoms with Gasteiger partial charge in [-0.1, -0.05) is 38.1 Å². The Balaban J connectivity index is 2.34. The van der Waals surface area contributed by atoms with E-state index in [1.165, 1.54) is 6.92 Å². The number of carbonyl (C=O) groups excluding carboxylic acids is 1.